The summed E-state index contributed by atoms with van der Waals surface area (Å²) in [5.41, 5.74) is 4.60. The van der Waals surface area contributed by atoms with Crippen LogP contribution in [0.3, 0.4) is 0 Å². The molecule has 1 fully saturated rings. The summed E-state index contributed by atoms with van der Waals surface area (Å²) >= 11 is 0. The quantitative estimate of drug-likeness (QED) is 0.498. The predicted molar refractivity (Wildman–Crippen MR) is 133 cm³/mol. The molecule has 1 amide bonds. The van der Waals surface area contributed by atoms with Gasteiger partial charge in [-0.25, -0.2) is 0 Å². The predicted octanol–water partition coefficient (Wildman–Crippen LogP) is 5.85. The Hall–Kier alpha value is -3.40. The van der Waals surface area contributed by atoms with Crippen molar-refractivity contribution in [3.05, 3.63) is 101 Å². The Morgan fingerprint density at radius 1 is 0.941 bits per heavy atom. The maximum absolute atomic E-state index is 13.4. The number of hydrogen-bond acceptors (Lipinski definition) is 3. The van der Waals surface area contributed by atoms with E-state index in [1.54, 1.807) is 0 Å². The van der Waals surface area contributed by atoms with Gasteiger partial charge in [-0.15, -0.1) is 0 Å². The van der Waals surface area contributed by atoms with E-state index >= 15 is 0 Å². The number of Topliss-reactive ketones (excluding diaryl/α,β-unsaturated/α-hetero) is 1. The second-order valence-electron chi connectivity index (χ2n) is 9.80. The molecule has 2 aliphatic heterocycles. The van der Waals surface area contributed by atoms with Gasteiger partial charge in [-0.2, -0.15) is 0 Å². The summed E-state index contributed by atoms with van der Waals surface area (Å²) in [7, 11) is 0. The van der Waals surface area contributed by atoms with Gasteiger partial charge < -0.3 is 9.64 Å². The standard InChI is InChI=1S/C30H31NO3/c1-21-17-22(2)29-26(18-21)27(32)20-30(34-29)13-15-31(16-14-30)28(33)19-25(23-9-5-3-6-10-23)24-11-7-4-8-12-24/h3-12,17-18,25H,13-16,19-20H2,1-2H3. The number of fused-ring (bicyclic) bond motifs is 1. The van der Waals surface area contributed by atoms with Crippen LogP contribution in [0.5, 0.6) is 5.75 Å². The lowest BCUT2D eigenvalue weighted by atomic mass is 9.81. The monoisotopic (exact) mass is 453 g/mol. The molecule has 5 rings (SSSR count). The van der Waals surface area contributed by atoms with Crippen molar-refractivity contribution in [1.29, 1.82) is 0 Å². The largest absolute Gasteiger partial charge is 0.486 e. The van der Waals surface area contributed by atoms with E-state index in [0.717, 1.165) is 28.0 Å². The number of nitrogens with zero attached hydrogens (tertiary/aromatic N) is 1. The molecule has 0 radical (unpaired) electrons. The Kier molecular flexibility index (Phi) is 5.99. The number of carbonyl (C=O) groups excluding carboxylic acids is 2. The Labute approximate surface area is 201 Å². The van der Waals surface area contributed by atoms with Crippen molar-refractivity contribution in [2.75, 3.05) is 13.1 Å². The fourth-order valence-electron chi connectivity index (χ4n) is 5.48. The number of piperidine rings is 1. The Morgan fingerprint density at radius 3 is 2.12 bits per heavy atom. The highest BCUT2D eigenvalue weighted by atomic mass is 16.5. The third-order valence-electron chi connectivity index (χ3n) is 7.33. The van der Waals surface area contributed by atoms with E-state index in [2.05, 4.69) is 30.3 Å². The molecular weight excluding hydrogens is 422 g/mol. The first kappa shape index (κ1) is 22.4. The van der Waals surface area contributed by atoms with Crippen LogP contribution in [0.2, 0.25) is 0 Å². The summed E-state index contributed by atoms with van der Waals surface area (Å²) in [6.45, 7) is 5.24. The molecule has 3 aromatic carbocycles. The Balaban J connectivity index is 1.30. The molecule has 2 heterocycles. The van der Waals surface area contributed by atoms with Gasteiger partial charge in [-0.3, -0.25) is 9.59 Å². The van der Waals surface area contributed by atoms with E-state index in [4.69, 9.17) is 4.74 Å². The minimum Gasteiger partial charge on any atom is -0.486 e. The SMILES string of the molecule is Cc1cc(C)c2c(c1)C(=O)CC1(CCN(C(=O)CC(c3ccccc3)c3ccccc3)CC1)O2. The van der Waals surface area contributed by atoms with Crippen LogP contribution in [0.25, 0.3) is 0 Å². The van der Waals surface area contributed by atoms with E-state index in [9.17, 15) is 9.59 Å². The molecule has 1 saturated heterocycles. The van der Waals surface area contributed by atoms with Crippen LogP contribution in [0.4, 0.5) is 0 Å². The molecule has 3 aromatic rings. The highest BCUT2D eigenvalue weighted by Crippen LogP contribution is 2.41. The minimum atomic E-state index is -0.501. The van der Waals surface area contributed by atoms with Crippen molar-refractivity contribution in [2.24, 2.45) is 0 Å². The molecule has 0 saturated carbocycles. The zero-order chi connectivity index (χ0) is 23.7. The van der Waals surface area contributed by atoms with Crippen LogP contribution in [0, 0.1) is 13.8 Å². The summed E-state index contributed by atoms with van der Waals surface area (Å²) in [4.78, 5) is 28.3. The van der Waals surface area contributed by atoms with Crippen molar-refractivity contribution in [3.63, 3.8) is 0 Å². The van der Waals surface area contributed by atoms with Crippen LogP contribution in [-0.2, 0) is 4.79 Å². The topological polar surface area (TPSA) is 46.6 Å². The first-order valence-electron chi connectivity index (χ1n) is 12.2. The second kappa shape index (κ2) is 9.09. The van der Waals surface area contributed by atoms with Crippen LogP contribution in [0.15, 0.2) is 72.8 Å². The van der Waals surface area contributed by atoms with Crippen molar-refractivity contribution >= 4 is 11.7 Å². The maximum atomic E-state index is 13.4. The molecule has 0 aliphatic carbocycles. The van der Waals surface area contributed by atoms with E-state index < -0.39 is 5.60 Å². The van der Waals surface area contributed by atoms with Gasteiger partial charge in [0.15, 0.2) is 5.78 Å². The number of amides is 1. The highest BCUT2D eigenvalue weighted by Gasteiger charge is 2.44. The highest BCUT2D eigenvalue weighted by molar-refractivity contribution is 6.01. The van der Waals surface area contributed by atoms with Crippen molar-refractivity contribution < 1.29 is 14.3 Å². The van der Waals surface area contributed by atoms with Gasteiger partial charge in [0, 0.05) is 38.3 Å². The lowest BCUT2D eigenvalue weighted by molar-refractivity contribution is -0.135. The summed E-state index contributed by atoms with van der Waals surface area (Å²) in [5, 5.41) is 0. The van der Waals surface area contributed by atoms with Gasteiger partial charge in [-0.1, -0.05) is 66.7 Å². The van der Waals surface area contributed by atoms with Gasteiger partial charge in [0.2, 0.25) is 5.91 Å². The number of aryl methyl sites for hydroxylation is 2. The molecule has 0 N–H and O–H groups in total. The number of likely N-dealkylation sites (tertiary alicyclic amines) is 1. The maximum Gasteiger partial charge on any atom is 0.223 e. The Bertz CT molecular complexity index is 1150. The molecule has 0 aromatic heterocycles. The number of hydrogen-bond donors (Lipinski definition) is 0. The van der Waals surface area contributed by atoms with Crippen LogP contribution in [-0.4, -0.2) is 35.3 Å². The lowest BCUT2D eigenvalue weighted by Crippen LogP contribution is -2.52. The van der Waals surface area contributed by atoms with E-state index in [1.807, 2.05) is 61.2 Å². The molecule has 174 valence electrons. The average molecular weight is 454 g/mol. The molecular formula is C30H31NO3. The van der Waals surface area contributed by atoms with E-state index in [1.165, 1.54) is 0 Å². The number of ketones is 1. The third-order valence-corrected chi connectivity index (χ3v) is 7.33. The molecule has 34 heavy (non-hydrogen) atoms. The van der Waals surface area contributed by atoms with Crippen molar-refractivity contribution in [1.82, 2.24) is 4.90 Å². The first-order chi connectivity index (χ1) is 16.4. The molecule has 2 aliphatic rings. The fraction of sp³-hybridized carbons (Fsp3) is 0.333. The smallest absolute Gasteiger partial charge is 0.223 e. The Morgan fingerprint density at radius 2 is 1.53 bits per heavy atom. The number of carbonyl (C=O) groups is 2. The minimum absolute atomic E-state index is 0.0241. The fourth-order valence-corrected chi connectivity index (χ4v) is 5.48. The lowest BCUT2D eigenvalue weighted by Gasteiger charge is -2.44. The number of benzene rings is 3. The molecule has 0 bridgehead atoms. The summed E-state index contributed by atoms with van der Waals surface area (Å²) < 4.78 is 6.51. The van der Waals surface area contributed by atoms with Crippen LogP contribution >= 0.6 is 0 Å². The van der Waals surface area contributed by atoms with Crippen LogP contribution < -0.4 is 4.74 Å². The molecule has 0 atom stereocenters. The second-order valence-corrected chi connectivity index (χ2v) is 9.80. The van der Waals surface area contributed by atoms with Gasteiger partial charge >= 0.3 is 0 Å². The third kappa shape index (κ3) is 4.37. The van der Waals surface area contributed by atoms with Gasteiger partial charge in [0.1, 0.15) is 11.4 Å². The van der Waals surface area contributed by atoms with Gasteiger partial charge in [-0.05, 0) is 42.2 Å². The average Bonchev–Trinajstić information content (AvgIpc) is 2.85. The molecule has 0 unspecified atom stereocenters. The molecule has 4 nitrogen and oxygen atoms in total. The van der Waals surface area contributed by atoms with Crippen molar-refractivity contribution in [3.8, 4) is 5.75 Å². The van der Waals surface area contributed by atoms with Crippen LogP contribution in [0.1, 0.15) is 64.2 Å². The van der Waals surface area contributed by atoms with Gasteiger partial charge in [0.05, 0.1) is 12.0 Å². The zero-order valence-electron chi connectivity index (χ0n) is 19.9. The summed E-state index contributed by atoms with van der Waals surface area (Å²) in [6, 6.07) is 24.5. The van der Waals surface area contributed by atoms with Gasteiger partial charge in [0.25, 0.3) is 0 Å². The van der Waals surface area contributed by atoms with E-state index in [-0.39, 0.29) is 17.6 Å². The van der Waals surface area contributed by atoms with Crippen molar-refractivity contribution in [2.45, 2.75) is 51.0 Å². The molecule has 4 heteroatoms. The summed E-state index contributed by atoms with van der Waals surface area (Å²) in [5.74, 6) is 1.06. The summed E-state index contributed by atoms with van der Waals surface area (Å²) in [6.07, 6.45) is 2.18. The number of ether oxygens (including phenoxy) is 1. The van der Waals surface area contributed by atoms with E-state index in [0.29, 0.717) is 44.3 Å². The number of rotatable bonds is 4. The normalized spacial score (nSPS) is 16.9. The first-order valence-corrected chi connectivity index (χ1v) is 12.2. The molecule has 1 spiro atoms. The zero-order valence-corrected chi connectivity index (χ0v) is 19.9.